The van der Waals surface area contributed by atoms with Gasteiger partial charge in [0.25, 0.3) is 10.0 Å². The molecule has 0 aliphatic rings. The van der Waals surface area contributed by atoms with Gasteiger partial charge in [-0.15, -0.1) is 0 Å². The van der Waals surface area contributed by atoms with Crippen molar-refractivity contribution in [1.29, 1.82) is 0 Å². The molecule has 5 nitrogen and oxygen atoms in total. The van der Waals surface area contributed by atoms with E-state index in [1.165, 1.54) is 24.3 Å². The summed E-state index contributed by atoms with van der Waals surface area (Å²) in [4.78, 5) is 12.6. The van der Waals surface area contributed by atoms with E-state index in [-0.39, 0.29) is 23.2 Å². The zero-order valence-corrected chi connectivity index (χ0v) is 19.1. The number of carbonyl (C=O) groups excluding carboxylic acids is 1. The number of hydrogen-bond acceptors (Lipinski definition) is 4. The lowest BCUT2D eigenvalue weighted by Crippen LogP contribution is -2.32. The summed E-state index contributed by atoms with van der Waals surface area (Å²) in [6.07, 6.45) is -0.247. The molecule has 0 heterocycles. The summed E-state index contributed by atoms with van der Waals surface area (Å²) in [5.74, 6) is -1.26. The van der Waals surface area contributed by atoms with Crippen molar-refractivity contribution in [2.75, 3.05) is 0 Å². The van der Waals surface area contributed by atoms with Gasteiger partial charge in [0.15, 0.2) is 0 Å². The molecule has 0 saturated heterocycles. The van der Waals surface area contributed by atoms with E-state index in [0.29, 0.717) is 16.7 Å². The molecule has 164 valence electrons. The van der Waals surface area contributed by atoms with Crippen molar-refractivity contribution in [3.05, 3.63) is 64.5 Å². The predicted octanol–water partition coefficient (Wildman–Crippen LogP) is 4.35. The van der Waals surface area contributed by atoms with Crippen molar-refractivity contribution in [3.63, 3.8) is 0 Å². The first-order chi connectivity index (χ1) is 13.7. The van der Waals surface area contributed by atoms with Crippen molar-refractivity contribution in [2.45, 2.75) is 70.3 Å². The van der Waals surface area contributed by atoms with E-state index in [2.05, 4.69) is 4.72 Å². The van der Waals surface area contributed by atoms with Gasteiger partial charge in [0, 0.05) is 0 Å². The molecule has 1 amide bonds. The quantitative estimate of drug-likeness (QED) is 0.677. The molecule has 2 aromatic carbocycles. The smallest absolute Gasteiger partial charge is 0.264 e. The van der Waals surface area contributed by atoms with E-state index in [4.69, 9.17) is 0 Å². The SMILES string of the molecule is CC(C)c1ccc(F)c(C(C)C)c1CC(=O)NS(=O)(=O)c1cccc(C(C)(C)O)c1. The van der Waals surface area contributed by atoms with Crippen LogP contribution in [0.5, 0.6) is 0 Å². The fourth-order valence-corrected chi connectivity index (χ4v) is 4.49. The predicted molar refractivity (Wildman–Crippen MR) is 115 cm³/mol. The van der Waals surface area contributed by atoms with Crippen LogP contribution in [0.25, 0.3) is 0 Å². The first kappa shape index (κ1) is 24.0. The number of nitrogens with one attached hydrogen (secondary N) is 1. The number of halogens is 1. The van der Waals surface area contributed by atoms with Gasteiger partial charge in [0.05, 0.1) is 16.9 Å². The van der Waals surface area contributed by atoms with E-state index in [1.807, 2.05) is 27.7 Å². The summed E-state index contributed by atoms with van der Waals surface area (Å²) in [6.45, 7) is 10.6. The number of amides is 1. The standard InChI is InChI=1S/C23H30FNO4S/c1-14(2)18-10-11-20(24)22(15(3)4)19(18)13-21(26)25-30(28,29)17-9-7-8-16(12-17)23(5,6)27/h7-12,14-15,27H,13H2,1-6H3,(H,25,26). The highest BCUT2D eigenvalue weighted by molar-refractivity contribution is 7.90. The number of hydrogen-bond donors (Lipinski definition) is 2. The Labute approximate surface area is 178 Å². The van der Waals surface area contributed by atoms with Gasteiger partial charge in [0.1, 0.15) is 5.82 Å². The second kappa shape index (κ2) is 8.86. The van der Waals surface area contributed by atoms with Crippen LogP contribution in [0.3, 0.4) is 0 Å². The molecule has 0 atom stereocenters. The molecule has 0 aromatic heterocycles. The largest absolute Gasteiger partial charge is 0.386 e. The minimum atomic E-state index is -4.14. The van der Waals surface area contributed by atoms with Crippen molar-refractivity contribution < 1.29 is 22.7 Å². The molecule has 2 rings (SSSR count). The maximum atomic E-state index is 14.5. The van der Waals surface area contributed by atoms with Crippen molar-refractivity contribution in [3.8, 4) is 0 Å². The van der Waals surface area contributed by atoms with Crippen molar-refractivity contribution in [2.24, 2.45) is 0 Å². The Balaban J connectivity index is 2.37. The number of aliphatic hydroxyl groups is 1. The Kier molecular flexibility index (Phi) is 7.09. The highest BCUT2D eigenvalue weighted by atomic mass is 32.2. The Morgan fingerprint density at radius 3 is 2.27 bits per heavy atom. The van der Waals surface area contributed by atoms with Crippen LogP contribution < -0.4 is 4.72 Å². The summed E-state index contributed by atoms with van der Waals surface area (Å²) < 4.78 is 42.0. The number of carbonyl (C=O) groups is 1. The lowest BCUT2D eigenvalue weighted by molar-refractivity contribution is -0.118. The third kappa shape index (κ3) is 5.46. The highest BCUT2D eigenvalue weighted by Crippen LogP contribution is 2.30. The van der Waals surface area contributed by atoms with Gasteiger partial charge in [-0.05, 0) is 66.1 Å². The molecular formula is C23H30FNO4S. The first-order valence-electron chi connectivity index (χ1n) is 9.93. The molecule has 0 spiro atoms. The second-order valence-electron chi connectivity index (χ2n) is 8.63. The Hall–Kier alpha value is -2.25. The van der Waals surface area contributed by atoms with Gasteiger partial charge in [-0.1, -0.05) is 45.9 Å². The van der Waals surface area contributed by atoms with Gasteiger partial charge < -0.3 is 5.11 Å². The van der Waals surface area contributed by atoms with Crippen LogP contribution in [0, 0.1) is 5.82 Å². The summed E-state index contributed by atoms with van der Waals surface area (Å²) in [5, 5.41) is 10.1. The van der Waals surface area contributed by atoms with Crippen molar-refractivity contribution >= 4 is 15.9 Å². The summed E-state index contributed by atoms with van der Waals surface area (Å²) in [5.41, 5.74) is 0.953. The van der Waals surface area contributed by atoms with E-state index < -0.39 is 27.3 Å². The zero-order valence-electron chi connectivity index (χ0n) is 18.3. The molecule has 0 radical (unpaired) electrons. The number of benzene rings is 2. The molecular weight excluding hydrogens is 405 g/mol. The van der Waals surface area contributed by atoms with Crippen LogP contribution in [-0.2, 0) is 26.8 Å². The van der Waals surface area contributed by atoms with E-state index in [9.17, 15) is 22.7 Å². The van der Waals surface area contributed by atoms with Crippen LogP contribution >= 0.6 is 0 Å². The molecule has 2 aromatic rings. The fraction of sp³-hybridized carbons (Fsp3) is 0.435. The minimum Gasteiger partial charge on any atom is -0.386 e. The average molecular weight is 436 g/mol. The van der Waals surface area contributed by atoms with Crippen molar-refractivity contribution in [1.82, 2.24) is 4.72 Å². The molecule has 7 heteroatoms. The lowest BCUT2D eigenvalue weighted by atomic mass is 9.86. The topological polar surface area (TPSA) is 83.5 Å². The second-order valence-corrected chi connectivity index (χ2v) is 10.3. The normalized spacial score (nSPS) is 12.5. The molecule has 0 bridgehead atoms. The van der Waals surface area contributed by atoms with Gasteiger partial charge in [-0.2, -0.15) is 0 Å². The maximum Gasteiger partial charge on any atom is 0.264 e. The average Bonchev–Trinajstić information content (AvgIpc) is 2.60. The van der Waals surface area contributed by atoms with E-state index in [0.717, 1.165) is 5.56 Å². The van der Waals surface area contributed by atoms with Crippen LogP contribution in [0.1, 0.15) is 75.6 Å². The van der Waals surface area contributed by atoms with Gasteiger partial charge in [-0.3, -0.25) is 4.79 Å². The first-order valence-corrected chi connectivity index (χ1v) is 11.4. The fourth-order valence-electron chi connectivity index (χ4n) is 3.46. The summed E-state index contributed by atoms with van der Waals surface area (Å²) in [7, 11) is -4.14. The van der Waals surface area contributed by atoms with E-state index in [1.54, 1.807) is 26.0 Å². The molecule has 0 saturated carbocycles. The lowest BCUT2D eigenvalue weighted by Gasteiger charge is -2.20. The monoisotopic (exact) mass is 435 g/mol. The van der Waals surface area contributed by atoms with Gasteiger partial charge in [-0.25, -0.2) is 17.5 Å². The zero-order chi connectivity index (χ0) is 22.9. The number of rotatable bonds is 7. The van der Waals surface area contributed by atoms with Gasteiger partial charge >= 0.3 is 0 Å². The minimum absolute atomic E-state index is 0.0472. The van der Waals surface area contributed by atoms with Crippen LogP contribution in [0.2, 0.25) is 0 Å². The molecule has 2 N–H and O–H groups in total. The summed E-state index contributed by atoms with van der Waals surface area (Å²) >= 11 is 0. The van der Waals surface area contributed by atoms with Gasteiger partial charge in [0.2, 0.25) is 5.91 Å². The maximum absolute atomic E-state index is 14.5. The molecule has 0 aliphatic carbocycles. The third-order valence-corrected chi connectivity index (χ3v) is 6.35. The Morgan fingerprint density at radius 2 is 1.73 bits per heavy atom. The highest BCUT2D eigenvalue weighted by Gasteiger charge is 2.25. The van der Waals surface area contributed by atoms with Crippen LogP contribution in [0.4, 0.5) is 4.39 Å². The third-order valence-electron chi connectivity index (χ3n) is 4.98. The summed E-state index contributed by atoms with van der Waals surface area (Å²) in [6, 6.07) is 8.84. The Morgan fingerprint density at radius 1 is 1.10 bits per heavy atom. The molecule has 0 unspecified atom stereocenters. The molecule has 30 heavy (non-hydrogen) atoms. The number of sulfonamides is 1. The van der Waals surface area contributed by atoms with Crippen LogP contribution in [-0.4, -0.2) is 19.4 Å². The van der Waals surface area contributed by atoms with E-state index >= 15 is 0 Å². The molecule has 0 fully saturated rings. The molecule has 0 aliphatic heterocycles. The van der Waals surface area contributed by atoms with Crippen LogP contribution in [0.15, 0.2) is 41.3 Å². The Bertz CT molecular complexity index is 1040.